The van der Waals surface area contributed by atoms with Crippen molar-refractivity contribution in [2.24, 2.45) is 0 Å². The number of hydrogen-bond acceptors (Lipinski definition) is 3. The highest BCUT2D eigenvalue weighted by Gasteiger charge is 2.26. The van der Waals surface area contributed by atoms with Crippen LogP contribution in [0.5, 0.6) is 0 Å². The number of aliphatic hydroxyl groups is 1. The van der Waals surface area contributed by atoms with Crippen molar-refractivity contribution in [3.63, 3.8) is 0 Å². The molecule has 1 fully saturated rings. The van der Waals surface area contributed by atoms with Gasteiger partial charge in [0.15, 0.2) is 6.29 Å². The molecule has 0 radical (unpaired) electrons. The lowest BCUT2D eigenvalue weighted by Crippen LogP contribution is -2.14. The van der Waals surface area contributed by atoms with E-state index in [-0.39, 0.29) is 18.5 Å². The average Bonchev–Trinajstić information content (AvgIpc) is 2.67. The van der Waals surface area contributed by atoms with Gasteiger partial charge >= 0.3 is 0 Å². The number of halogens is 1. The Bertz CT molecular complexity index is 299. The van der Waals surface area contributed by atoms with Gasteiger partial charge in [-0.3, -0.25) is 0 Å². The highest BCUT2D eigenvalue weighted by Crippen LogP contribution is 2.26. The van der Waals surface area contributed by atoms with E-state index in [9.17, 15) is 4.39 Å². The third-order valence-corrected chi connectivity index (χ3v) is 2.10. The molecular weight excluding hydrogens is 187 g/mol. The first-order chi connectivity index (χ1) is 6.79. The van der Waals surface area contributed by atoms with Crippen molar-refractivity contribution in [1.29, 1.82) is 0 Å². The van der Waals surface area contributed by atoms with Crippen LogP contribution in [-0.2, 0) is 9.47 Å². The zero-order valence-corrected chi connectivity index (χ0v) is 7.52. The Kier molecular flexibility index (Phi) is 2.77. The fraction of sp³-hybridized carbons (Fsp3) is 0.400. The minimum absolute atomic E-state index is 0.0578. The van der Waals surface area contributed by atoms with Crippen molar-refractivity contribution in [2.75, 3.05) is 13.2 Å². The molecule has 0 aliphatic carbocycles. The zero-order chi connectivity index (χ0) is 9.97. The van der Waals surface area contributed by atoms with Crippen molar-refractivity contribution in [2.45, 2.75) is 12.4 Å². The average molecular weight is 198 g/mol. The number of ether oxygens (including phenoxy) is 2. The highest BCUT2D eigenvalue weighted by molar-refractivity contribution is 5.17. The van der Waals surface area contributed by atoms with Crippen LogP contribution in [0.25, 0.3) is 0 Å². The van der Waals surface area contributed by atoms with Gasteiger partial charge in [-0.05, 0) is 12.1 Å². The van der Waals surface area contributed by atoms with Crippen molar-refractivity contribution >= 4 is 0 Å². The predicted molar refractivity (Wildman–Crippen MR) is 47.1 cm³/mol. The number of hydrogen-bond donors (Lipinski definition) is 1. The normalized spacial score (nSPS) is 26.7. The minimum Gasteiger partial charge on any atom is -0.394 e. The summed E-state index contributed by atoms with van der Waals surface area (Å²) >= 11 is 0. The van der Waals surface area contributed by atoms with Crippen LogP contribution >= 0.6 is 0 Å². The monoisotopic (exact) mass is 198 g/mol. The minimum atomic E-state index is -0.479. The molecule has 1 saturated heterocycles. The summed E-state index contributed by atoms with van der Waals surface area (Å²) in [6, 6.07) is 5.93. The third kappa shape index (κ3) is 1.92. The van der Waals surface area contributed by atoms with Crippen molar-refractivity contribution in [3.8, 4) is 0 Å². The Hall–Kier alpha value is -0.970. The molecule has 2 unspecified atom stereocenters. The van der Waals surface area contributed by atoms with Crippen LogP contribution in [-0.4, -0.2) is 24.4 Å². The molecule has 3 nitrogen and oxygen atoms in total. The summed E-state index contributed by atoms with van der Waals surface area (Å²) in [5.41, 5.74) is 0.766. The quantitative estimate of drug-likeness (QED) is 0.776. The van der Waals surface area contributed by atoms with E-state index < -0.39 is 6.29 Å². The molecule has 0 saturated carbocycles. The van der Waals surface area contributed by atoms with Gasteiger partial charge in [-0.1, -0.05) is 12.1 Å². The number of rotatable bonds is 2. The lowest BCUT2D eigenvalue weighted by atomic mass is 10.2. The molecule has 2 rings (SSSR count). The van der Waals surface area contributed by atoms with Gasteiger partial charge < -0.3 is 14.6 Å². The molecule has 1 N–H and O–H groups in total. The van der Waals surface area contributed by atoms with Gasteiger partial charge in [0.05, 0.1) is 13.2 Å². The summed E-state index contributed by atoms with van der Waals surface area (Å²) in [5, 5.41) is 8.81. The topological polar surface area (TPSA) is 38.7 Å². The summed E-state index contributed by atoms with van der Waals surface area (Å²) in [7, 11) is 0. The Balaban J connectivity index is 2.06. The summed E-state index contributed by atoms with van der Waals surface area (Å²) < 4.78 is 23.2. The maximum absolute atomic E-state index is 12.6. The molecule has 4 heteroatoms. The van der Waals surface area contributed by atoms with Gasteiger partial charge in [-0.15, -0.1) is 0 Å². The van der Waals surface area contributed by atoms with Crippen molar-refractivity contribution in [1.82, 2.24) is 0 Å². The first kappa shape index (κ1) is 9.58. The molecule has 0 aromatic heterocycles. The Morgan fingerprint density at radius 1 is 1.36 bits per heavy atom. The second-order valence-electron chi connectivity index (χ2n) is 3.16. The maximum atomic E-state index is 12.6. The van der Waals surface area contributed by atoms with Crippen LogP contribution < -0.4 is 0 Å². The van der Waals surface area contributed by atoms with Gasteiger partial charge in [-0.25, -0.2) is 4.39 Å². The predicted octanol–water partition coefficient (Wildman–Crippen LogP) is 1.23. The second-order valence-corrected chi connectivity index (χ2v) is 3.16. The largest absolute Gasteiger partial charge is 0.394 e. The van der Waals surface area contributed by atoms with Crippen LogP contribution in [0, 0.1) is 5.82 Å². The van der Waals surface area contributed by atoms with Crippen LogP contribution in [0.2, 0.25) is 0 Å². The van der Waals surface area contributed by atoms with Gasteiger partial charge in [0.2, 0.25) is 0 Å². The molecule has 1 heterocycles. The Labute approximate surface area is 81.1 Å². The first-order valence-corrected chi connectivity index (χ1v) is 4.43. The number of aliphatic hydroxyl groups excluding tert-OH is 1. The van der Waals surface area contributed by atoms with Crippen molar-refractivity contribution < 1.29 is 19.0 Å². The van der Waals surface area contributed by atoms with E-state index in [0.29, 0.717) is 6.61 Å². The molecular formula is C10H11FO3. The Morgan fingerprint density at radius 3 is 2.64 bits per heavy atom. The fourth-order valence-corrected chi connectivity index (χ4v) is 1.34. The summed E-state index contributed by atoms with van der Waals surface area (Å²) in [4.78, 5) is 0. The second kappa shape index (κ2) is 4.04. The molecule has 1 aromatic rings. The fourth-order valence-electron chi connectivity index (χ4n) is 1.34. The lowest BCUT2D eigenvalue weighted by molar-refractivity contribution is -0.0676. The smallest absolute Gasteiger partial charge is 0.184 e. The van der Waals surface area contributed by atoms with Crippen LogP contribution in [0.4, 0.5) is 4.39 Å². The SMILES string of the molecule is OCC1COC(c2ccc(F)cc2)O1. The molecule has 0 amide bonds. The van der Waals surface area contributed by atoms with E-state index in [2.05, 4.69) is 0 Å². The summed E-state index contributed by atoms with van der Waals surface area (Å²) in [6.07, 6.45) is -0.752. The van der Waals surface area contributed by atoms with E-state index in [4.69, 9.17) is 14.6 Å². The molecule has 0 spiro atoms. The molecule has 0 bridgehead atoms. The summed E-state index contributed by atoms with van der Waals surface area (Å²) in [6.45, 7) is 0.316. The Morgan fingerprint density at radius 2 is 2.07 bits per heavy atom. The van der Waals surface area contributed by atoms with E-state index in [1.807, 2.05) is 0 Å². The maximum Gasteiger partial charge on any atom is 0.184 e. The van der Waals surface area contributed by atoms with Crippen LogP contribution in [0.15, 0.2) is 24.3 Å². The third-order valence-electron chi connectivity index (χ3n) is 2.10. The van der Waals surface area contributed by atoms with Crippen LogP contribution in [0.1, 0.15) is 11.9 Å². The van der Waals surface area contributed by atoms with Gasteiger partial charge in [0, 0.05) is 5.56 Å². The first-order valence-electron chi connectivity index (χ1n) is 4.43. The van der Waals surface area contributed by atoms with Gasteiger partial charge in [0.25, 0.3) is 0 Å². The van der Waals surface area contributed by atoms with E-state index in [1.54, 1.807) is 12.1 Å². The molecule has 76 valence electrons. The van der Waals surface area contributed by atoms with Gasteiger partial charge in [0.1, 0.15) is 11.9 Å². The lowest BCUT2D eigenvalue weighted by Gasteiger charge is -2.09. The van der Waals surface area contributed by atoms with E-state index in [0.717, 1.165) is 5.56 Å². The van der Waals surface area contributed by atoms with Crippen LogP contribution in [0.3, 0.4) is 0 Å². The molecule has 1 aromatic carbocycles. The summed E-state index contributed by atoms with van der Waals surface area (Å²) in [5.74, 6) is -0.287. The van der Waals surface area contributed by atoms with E-state index >= 15 is 0 Å². The van der Waals surface area contributed by atoms with Gasteiger partial charge in [-0.2, -0.15) is 0 Å². The standard InChI is InChI=1S/C10H11FO3/c11-8-3-1-7(2-4-8)10-13-6-9(5-12)14-10/h1-4,9-10,12H,5-6H2. The van der Waals surface area contributed by atoms with E-state index in [1.165, 1.54) is 12.1 Å². The highest BCUT2D eigenvalue weighted by atomic mass is 19.1. The molecule has 2 atom stereocenters. The van der Waals surface area contributed by atoms with Crippen molar-refractivity contribution in [3.05, 3.63) is 35.6 Å². The number of benzene rings is 1. The zero-order valence-electron chi connectivity index (χ0n) is 7.52. The molecule has 1 aliphatic rings. The molecule has 1 aliphatic heterocycles. The molecule has 14 heavy (non-hydrogen) atoms.